The number of aliphatic carboxylic acids is 1. The number of carbonyl (C=O) groups excluding carboxylic acids is 1. The van der Waals surface area contributed by atoms with Gasteiger partial charge in [0.05, 0.1) is 28.5 Å². The smallest absolute Gasteiger partial charge is 0.303 e. The number of fused-ring (bicyclic) bond motifs is 2. The van der Waals surface area contributed by atoms with Crippen molar-refractivity contribution in [3.63, 3.8) is 0 Å². The minimum absolute atomic E-state index is 0.0365. The molecule has 0 saturated heterocycles. The maximum absolute atomic E-state index is 13.6. The van der Waals surface area contributed by atoms with Crippen LogP contribution >= 0.6 is 11.8 Å². The Kier molecular flexibility index (Phi) is 7.65. The number of allylic oxidation sites excluding steroid dienone is 4. The van der Waals surface area contributed by atoms with Crippen molar-refractivity contribution >= 4 is 40.2 Å². The predicted octanol–water partition coefficient (Wildman–Crippen LogP) is 6.42. The Morgan fingerprint density at radius 2 is 1.92 bits per heavy atom. The Hall–Kier alpha value is -3.52. The molecule has 2 N–H and O–H groups in total. The molecule has 2 aliphatic rings. The van der Waals surface area contributed by atoms with Gasteiger partial charge in [0.1, 0.15) is 5.83 Å². The summed E-state index contributed by atoms with van der Waals surface area (Å²) in [6.07, 6.45) is 6.78. The van der Waals surface area contributed by atoms with Crippen LogP contribution in [0.15, 0.2) is 65.3 Å². The molecule has 37 heavy (non-hydrogen) atoms. The Bertz CT molecular complexity index is 1420. The van der Waals surface area contributed by atoms with E-state index in [1.54, 1.807) is 24.3 Å². The van der Waals surface area contributed by atoms with Crippen LogP contribution in [-0.4, -0.2) is 32.7 Å². The summed E-state index contributed by atoms with van der Waals surface area (Å²) in [7, 11) is 0. The maximum Gasteiger partial charge on any atom is 0.303 e. The first-order valence-electron chi connectivity index (χ1n) is 12.6. The number of aryl methyl sites for hydroxylation is 1. The first-order chi connectivity index (χ1) is 18.0. The van der Waals surface area contributed by atoms with E-state index in [0.717, 1.165) is 34.7 Å². The summed E-state index contributed by atoms with van der Waals surface area (Å²) in [5.41, 5.74) is 5.32. The zero-order valence-electron chi connectivity index (χ0n) is 20.4. The summed E-state index contributed by atoms with van der Waals surface area (Å²) in [4.78, 5) is 35.0. The lowest BCUT2D eigenvalue weighted by Crippen LogP contribution is -2.30. The summed E-state index contributed by atoms with van der Waals surface area (Å²) >= 11 is 1.81. The van der Waals surface area contributed by atoms with Crippen molar-refractivity contribution in [1.29, 1.82) is 0 Å². The van der Waals surface area contributed by atoms with Crippen LogP contribution < -0.4 is 5.32 Å². The lowest BCUT2D eigenvalue weighted by Gasteiger charge is -2.26. The number of halogens is 1. The Morgan fingerprint density at radius 3 is 2.73 bits per heavy atom. The summed E-state index contributed by atoms with van der Waals surface area (Å²) in [6, 6.07) is 13.5. The second kappa shape index (κ2) is 11.3. The summed E-state index contributed by atoms with van der Waals surface area (Å²) in [6.45, 7) is 0. The number of carboxylic acid groups (broad SMARTS) is 1. The highest BCUT2D eigenvalue weighted by molar-refractivity contribution is 7.99. The van der Waals surface area contributed by atoms with Gasteiger partial charge in [-0.05, 0) is 73.6 Å². The highest BCUT2D eigenvalue weighted by Gasteiger charge is 2.23. The lowest BCUT2D eigenvalue weighted by molar-refractivity contribution is -0.137. The molecule has 0 fully saturated rings. The summed E-state index contributed by atoms with van der Waals surface area (Å²) < 4.78 is 13.6. The number of benzene rings is 2. The van der Waals surface area contributed by atoms with Crippen molar-refractivity contribution in [1.82, 2.24) is 15.3 Å². The van der Waals surface area contributed by atoms with Crippen molar-refractivity contribution in [2.24, 2.45) is 0 Å². The van der Waals surface area contributed by atoms with Gasteiger partial charge in [0.25, 0.3) is 5.91 Å². The van der Waals surface area contributed by atoms with Crippen LogP contribution in [0, 0.1) is 0 Å². The standard InChI is InChI=1S/C29H28FN3O3S/c30-20-12-9-18(10-13-20)28-24(6-2-4-8-27(34)35)31-25-17-19(11-14-23(25)32-28)29(36)33-22-15-16-37-26-7-3-1-5-21(22)26/h1,3,5,7,9,11-12,14,17,22H,2,4,6,8,10,13,15-16H2,(H,33,36)(H,34,35)/t22-/m1/s1. The SMILES string of the molecule is O=C(O)CCCCc1nc2cc(C(=O)N[C@@H]3CCSc4ccccc43)ccc2nc1C1=CC=C(F)CC1. The number of unbranched alkanes of at least 4 members (excludes halogenated alkanes) is 1. The highest BCUT2D eigenvalue weighted by atomic mass is 32.2. The Balaban J connectivity index is 1.42. The first-order valence-corrected chi connectivity index (χ1v) is 13.6. The van der Waals surface area contributed by atoms with Gasteiger partial charge in [0.15, 0.2) is 0 Å². The van der Waals surface area contributed by atoms with Gasteiger partial charge >= 0.3 is 5.97 Å². The number of amides is 1. The zero-order chi connectivity index (χ0) is 25.8. The van der Waals surface area contributed by atoms with Crippen LogP contribution in [0.3, 0.4) is 0 Å². The number of hydrogen-bond donors (Lipinski definition) is 2. The molecule has 5 rings (SSSR count). The third-order valence-electron chi connectivity index (χ3n) is 6.72. The van der Waals surface area contributed by atoms with Crippen molar-refractivity contribution in [2.45, 2.75) is 55.9 Å². The second-order valence-electron chi connectivity index (χ2n) is 9.33. The fourth-order valence-corrected chi connectivity index (χ4v) is 5.90. The van der Waals surface area contributed by atoms with E-state index >= 15 is 0 Å². The van der Waals surface area contributed by atoms with E-state index in [4.69, 9.17) is 15.1 Å². The molecule has 2 heterocycles. The number of nitrogens with one attached hydrogen (secondary N) is 1. The fourth-order valence-electron chi connectivity index (χ4n) is 4.77. The number of aromatic nitrogens is 2. The van der Waals surface area contributed by atoms with Crippen LogP contribution in [0.2, 0.25) is 0 Å². The number of carboxylic acids is 1. The lowest BCUT2D eigenvalue weighted by atomic mass is 9.97. The van der Waals surface area contributed by atoms with Crippen LogP contribution in [0.1, 0.15) is 71.9 Å². The first kappa shape index (κ1) is 25.1. The predicted molar refractivity (Wildman–Crippen MR) is 143 cm³/mol. The highest BCUT2D eigenvalue weighted by Crippen LogP contribution is 2.36. The number of nitrogens with zero attached hydrogens (tertiary/aromatic N) is 2. The minimum atomic E-state index is -0.824. The molecule has 190 valence electrons. The molecule has 0 spiro atoms. The quantitative estimate of drug-likeness (QED) is 0.335. The second-order valence-corrected chi connectivity index (χ2v) is 10.5. The number of hydrogen-bond acceptors (Lipinski definition) is 5. The third kappa shape index (κ3) is 5.91. The maximum atomic E-state index is 13.6. The minimum Gasteiger partial charge on any atom is -0.481 e. The van der Waals surface area contributed by atoms with Crippen LogP contribution in [0.4, 0.5) is 4.39 Å². The van der Waals surface area contributed by atoms with Gasteiger partial charge in [-0.3, -0.25) is 9.59 Å². The Labute approximate surface area is 219 Å². The molecule has 8 heteroatoms. The Morgan fingerprint density at radius 1 is 1.05 bits per heavy atom. The average molecular weight is 518 g/mol. The van der Waals surface area contributed by atoms with Gasteiger partial charge in [-0.15, -0.1) is 11.8 Å². The van der Waals surface area contributed by atoms with E-state index in [9.17, 15) is 14.0 Å². The number of rotatable bonds is 8. The molecule has 2 aromatic carbocycles. The normalized spacial score (nSPS) is 17.1. The van der Waals surface area contributed by atoms with Gasteiger partial charge in [-0.1, -0.05) is 24.3 Å². The van der Waals surface area contributed by atoms with Gasteiger partial charge in [0.2, 0.25) is 0 Å². The van der Waals surface area contributed by atoms with E-state index < -0.39 is 5.97 Å². The van der Waals surface area contributed by atoms with Crippen molar-refractivity contribution < 1.29 is 19.1 Å². The number of thioether (sulfide) groups is 1. The molecule has 0 saturated carbocycles. The molecule has 0 radical (unpaired) electrons. The average Bonchev–Trinajstić information content (AvgIpc) is 2.91. The van der Waals surface area contributed by atoms with E-state index in [2.05, 4.69) is 17.4 Å². The van der Waals surface area contributed by atoms with Crippen LogP contribution in [0.5, 0.6) is 0 Å². The molecule has 1 aromatic heterocycles. The molecule has 1 aliphatic heterocycles. The van der Waals surface area contributed by atoms with Gasteiger partial charge in [0, 0.05) is 29.1 Å². The number of carbonyl (C=O) groups is 2. The molecule has 1 amide bonds. The zero-order valence-corrected chi connectivity index (χ0v) is 21.2. The molecule has 1 atom stereocenters. The topological polar surface area (TPSA) is 92.2 Å². The fraction of sp³-hybridized carbons (Fsp3) is 0.310. The van der Waals surface area contributed by atoms with Gasteiger partial charge in [-0.2, -0.15) is 0 Å². The summed E-state index contributed by atoms with van der Waals surface area (Å²) in [5.74, 6) is -0.183. The third-order valence-corrected chi connectivity index (χ3v) is 7.84. The van der Waals surface area contributed by atoms with E-state index in [0.29, 0.717) is 48.7 Å². The molecule has 3 aromatic rings. The van der Waals surface area contributed by atoms with E-state index in [-0.39, 0.29) is 24.2 Å². The van der Waals surface area contributed by atoms with Crippen LogP contribution in [0.25, 0.3) is 16.6 Å². The van der Waals surface area contributed by atoms with E-state index in [1.165, 1.54) is 11.0 Å². The molecule has 0 bridgehead atoms. The molecular formula is C29H28FN3O3S. The largest absolute Gasteiger partial charge is 0.481 e. The molecular weight excluding hydrogens is 489 g/mol. The van der Waals surface area contributed by atoms with Crippen molar-refractivity contribution in [3.8, 4) is 0 Å². The van der Waals surface area contributed by atoms with Crippen molar-refractivity contribution in [2.75, 3.05) is 5.75 Å². The van der Waals surface area contributed by atoms with Crippen LogP contribution in [-0.2, 0) is 11.2 Å². The van der Waals surface area contributed by atoms with E-state index in [1.807, 2.05) is 23.9 Å². The monoisotopic (exact) mass is 517 g/mol. The molecule has 6 nitrogen and oxygen atoms in total. The summed E-state index contributed by atoms with van der Waals surface area (Å²) in [5, 5.41) is 12.2. The van der Waals surface area contributed by atoms with Gasteiger partial charge in [-0.25, -0.2) is 14.4 Å². The van der Waals surface area contributed by atoms with Crippen molar-refractivity contribution in [3.05, 3.63) is 83.0 Å². The molecule has 1 aliphatic carbocycles. The van der Waals surface area contributed by atoms with Gasteiger partial charge < -0.3 is 10.4 Å². The molecule has 0 unspecified atom stereocenters.